The van der Waals surface area contributed by atoms with E-state index < -0.39 is 0 Å². The highest BCUT2D eigenvalue weighted by Crippen LogP contribution is 2.41. The van der Waals surface area contributed by atoms with Crippen molar-refractivity contribution in [3.8, 4) is 0 Å². The first-order chi connectivity index (χ1) is 8.08. The second kappa shape index (κ2) is 12.5. The Labute approximate surface area is 112 Å². The lowest BCUT2D eigenvalue weighted by Crippen LogP contribution is -2.23. The van der Waals surface area contributed by atoms with Gasteiger partial charge in [-0.2, -0.15) is 0 Å². The van der Waals surface area contributed by atoms with Gasteiger partial charge >= 0.3 is 0 Å². The van der Waals surface area contributed by atoms with E-state index in [4.69, 9.17) is 0 Å². The maximum atomic E-state index is 2.49. The van der Waals surface area contributed by atoms with Crippen LogP contribution in [0.2, 0.25) is 0 Å². The van der Waals surface area contributed by atoms with Gasteiger partial charge in [0.25, 0.3) is 0 Å². The topological polar surface area (TPSA) is 0 Å². The van der Waals surface area contributed by atoms with Gasteiger partial charge in [-0.1, -0.05) is 80.6 Å². The Morgan fingerprint density at radius 2 is 1.41 bits per heavy atom. The minimum Gasteiger partial charge on any atom is -0.0683 e. The Morgan fingerprint density at radius 3 is 1.76 bits per heavy atom. The number of unbranched alkanes of at least 4 members (excludes halogenated alkanes) is 1. The fourth-order valence-corrected chi connectivity index (χ4v) is 2.31. The van der Waals surface area contributed by atoms with Crippen LogP contribution in [-0.4, -0.2) is 0 Å². The van der Waals surface area contributed by atoms with Crippen LogP contribution in [0.15, 0.2) is 0 Å². The third kappa shape index (κ3) is 10.9. The first kappa shape index (κ1) is 19.3. The van der Waals surface area contributed by atoms with Gasteiger partial charge < -0.3 is 0 Å². The van der Waals surface area contributed by atoms with Gasteiger partial charge in [0, 0.05) is 0 Å². The molecule has 0 aromatic heterocycles. The minimum atomic E-state index is 0.711. The van der Waals surface area contributed by atoms with Crippen LogP contribution >= 0.6 is 0 Å². The molecule has 0 N–H and O–H groups in total. The van der Waals surface area contributed by atoms with Crippen LogP contribution in [0.1, 0.15) is 99.8 Å². The Bertz CT molecular complexity index is 123. The number of rotatable bonds is 3. The predicted octanol–water partition coefficient (Wildman–Crippen LogP) is 6.84. The maximum Gasteiger partial charge on any atom is -0.0326 e. The highest BCUT2D eigenvalue weighted by atomic mass is 14.3. The minimum absolute atomic E-state index is 0.711. The van der Waals surface area contributed by atoms with Gasteiger partial charge in [0.1, 0.15) is 0 Å². The van der Waals surface area contributed by atoms with Crippen LogP contribution < -0.4 is 0 Å². The van der Waals surface area contributed by atoms with Crippen LogP contribution in [0.25, 0.3) is 0 Å². The quantitative estimate of drug-likeness (QED) is 0.508. The van der Waals surface area contributed by atoms with Crippen LogP contribution in [0, 0.1) is 11.3 Å². The van der Waals surface area contributed by atoms with E-state index in [1.165, 1.54) is 51.4 Å². The van der Waals surface area contributed by atoms with Crippen molar-refractivity contribution in [2.75, 3.05) is 0 Å². The summed E-state index contributed by atoms with van der Waals surface area (Å²) in [4.78, 5) is 0. The molecule has 0 aromatic rings. The molecule has 0 heteroatoms. The molecule has 0 aliphatic heterocycles. The zero-order chi connectivity index (χ0) is 13.7. The zero-order valence-corrected chi connectivity index (χ0v) is 13.7. The summed E-state index contributed by atoms with van der Waals surface area (Å²) >= 11 is 0. The van der Waals surface area contributed by atoms with Crippen molar-refractivity contribution in [2.45, 2.75) is 99.8 Å². The molecule has 0 nitrogen and oxygen atoms in total. The van der Waals surface area contributed by atoms with E-state index in [9.17, 15) is 0 Å². The van der Waals surface area contributed by atoms with Gasteiger partial charge in [-0.05, 0) is 30.6 Å². The van der Waals surface area contributed by atoms with Crippen LogP contribution in [-0.2, 0) is 0 Å². The molecule has 0 unspecified atom stereocenters. The molecule has 0 saturated heterocycles. The van der Waals surface area contributed by atoms with Crippen molar-refractivity contribution in [1.29, 1.82) is 0 Å². The molecule has 106 valence electrons. The van der Waals surface area contributed by atoms with Gasteiger partial charge in [0.2, 0.25) is 0 Å². The van der Waals surface area contributed by atoms with Crippen molar-refractivity contribution in [1.82, 2.24) is 0 Å². The summed E-state index contributed by atoms with van der Waals surface area (Å²) in [6, 6.07) is 0. The first-order valence-corrected chi connectivity index (χ1v) is 8.08. The van der Waals surface area contributed by atoms with Gasteiger partial charge in [0.15, 0.2) is 0 Å². The largest absolute Gasteiger partial charge is 0.0683 e. The van der Waals surface area contributed by atoms with E-state index in [1.807, 2.05) is 13.8 Å². The second-order valence-electron chi connectivity index (χ2n) is 5.80. The summed E-state index contributed by atoms with van der Waals surface area (Å²) in [5, 5.41) is 0. The highest BCUT2D eigenvalue weighted by molar-refractivity contribution is 4.80. The van der Waals surface area contributed by atoms with Crippen LogP contribution in [0.5, 0.6) is 0 Å². The van der Waals surface area contributed by atoms with Crippen molar-refractivity contribution in [3.05, 3.63) is 0 Å². The molecular weight excluding hydrogens is 204 g/mol. The molecule has 0 radical (unpaired) electrons. The molecule has 0 bridgehead atoms. The summed E-state index contributed by atoms with van der Waals surface area (Å²) < 4.78 is 0. The van der Waals surface area contributed by atoms with E-state index in [2.05, 4.69) is 34.6 Å². The molecule has 0 heterocycles. The lowest BCUT2D eigenvalue weighted by molar-refractivity contribution is 0.161. The Morgan fingerprint density at radius 1 is 1.00 bits per heavy atom. The van der Waals surface area contributed by atoms with Gasteiger partial charge in [-0.15, -0.1) is 0 Å². The van der Waals surface area contributed by atoms with E-state index >= 15 is 0 Å². The predicted molar refractivity (Wildman–Crippen MR) is 82.6 cm³/mol. The molecule has 1 rings (SSSR count). The Hall–Kier alpha value is 0. The normalized spacial score (nSPS) is 27.4. The smallest absolute Gasteiger partial charge is 0.0326 e. The summed E-state index contributed by atoms with van der Waals surface area (Å²) in [5.41, 5.74) is 0.711. The molecular formula is C17H38. The Kier molecular flexibility index (Phi) is 14.2. The Balaban J connectivity index is 0. The second-order valence-corrected chi connectivity index (χ2v) is 5.80. The lowest BCUT2D eigenvalue weighted by Gasteiger charge is -2.36. The van der Waals surface area contributed by atoms with Crippen molar-refractivity contribution in [2.24, 2.45) is 11.3 Å². The molecule has 1 fully saturated rings. The average Bonchev–Trinajstić information content (AvgIpc) is 2.35. The third-order valence-electron chi connectivity index (χ3n) is 3.62. The first-order valence-electron chi connectivity index (χ1n) is 8.08. The summed E-state index contributed by atoms with van der Waals surface area (Å²) in [7, 11) is 0. The van der Waals surface area contributed by atoms with E-state index in [0.29, 0.717) is 5.41 Å². The molecule has 17 heavy (non-hydrogen) atoms. The SMILES string of the molecule is CC.CCC.CCCCC1(C)CCC(C)CC1. The summed E-state index contributed by atoms with van der Waals surface area (Å²) in [5.74, 6) is 1.000. The van der Waals surface area contributed by atoms with Crippen LogP contribution in [0.4, 0.5) is 0 Å². The maximum absolute atomic E-state index is 2.49. The number of hydrogen-bond donors (Lipinski definition) is 0. The fourth-order valence-electron chi connectivity index (χ4n) is 2.31. The van der Waals surface area contributed by atoms with E-state index in [1.54, 1.807) is 0 Å². The van der Waals surface area contributed by atoms with Crippen LogP contribution in [0.3, 0.4) is 0 Å². The van der Waals surface area contributed by atoms with Crippen molar-refractivity contribution < 1.29 is 0 Å². The molecule has 0 spiro atoms. The monoisotopic (exact) mass is 242 g/mol. The molecule has 1 aliphatic rings. The van der Waals surface area contributed by atoms with Gasteiger partial charge in [-0.25, -0.2) is 0 Å². The van der Waals surface area contributed by atoms with E-state index in [0.717, 1.165) is 5.92 Å². The molecule has 0 atom stereocenters. The highest BCUT2D eigenvalue weighted by Gasteiger charge is 2.28. The molecule has 1 aliphatic carbocycles. The van der Waals surface area contributed by atoms with Gasteiger partial charge in [-0.3, -0.25) is 0 Å². The summed E-state index contributed by atoms with van der Waals surface area (Å²) in [6.07, 6.45) is 11.4. The lowest BCUT2D eigenvalue weighted by atomic mass is 9.70. The summed E-state index contributed by atoms with van der Waals surface area (Å²) in [6.45, 7) is 15.4. The van der Waals surface area contributed by atoms with Crippen molar-refractivity contribution in [3.63, 3.8) is 0 Å². The fraction of sp³-hybridized carbons (Fsp3) is 1.00. The number of hydrogen-bond acceptors (Lipinski definition) is 0. The zero-order valence-electron chi connectivity index (χ0n) is 13.7. The third-order valence-corrected chi connectivity index (χ3v) is 3.62. The van der Waals surface area contributed by atoms with Crippen molar-refractivity contribution >= 4 is 0 Å². The standard InChI is InChI=1S/C12H24.C3H8.C2H6/c1-4-5-8-12(3)9-6-11(2)7-10-12;1-3-2;1-2/h11H,4-10H2,1-3H3;3H2,1-2H3;1-2H3. The molecule has 1 saturated carbocycles. The van der Waals surface area contributed by atoms with Gasteiger partial charge in [0.05, 0.1) is 0 Å². The van der Waals surface area contributed by atoms with E-state index in [-0.39, 0.29) is 0 Å². The average molecular weight is 242 g/mol. The molecule has 0 aromatic carbocycles. The molecule has 0 amide bonds.